The van der Waals surface area contributed by atoms with Crippen LogP contribution in [0.3, 0.4) is 0 Å². The molecule has 0 fully saturated rings. The Morgan fingerprint density at radius 1 is 1.30 bits per heavy atom. The summed E-state index contributed by atoms with van der Waals surface area (Å²) in [7, 11) is 0. The third kappa shape index (κ3) is 7.88. The van der Waals surface area contributed by atoms with Crippen LogP contribution in [0.2, 0.25) is 0 Å². The van der Waals surface area contributed by atoms with Gasteiger partial charge in [-0.1, -0.05) is 19.8 Å². The minimum atomic E-state index is -1.95. The molecule has 2 N–H and O–H groups in total. The topological polar surface area (TPSA) is 49.7 Å². The normalized spacial score (nSPS) is 12.0. The first-order valence-corrected chi connectivity index (χ1v) is 3.65. The Hall–Kier alpha value is -0.120. The van der Waals surface area contributed by atoms with Gasteiger partial charge in [0.1, 0.15) is 0 Å². The van der Waals surface area contributed by atoms with Crippen molar-refractivity contribution in [1.82, 2.24) is 0 Å². The molecule has 0 aromatic carbocycles. The van der Waals surface area contributed by atoms with Gasteiger partial charge in [-0.2, -0.15) is 0 Å². The number of ether oxygens (including phenoxy) is 1. The predicted molar refractivity (Wildman–Crippen MR) is 38.3 cm³/mol. The fourth-order valence-corrected chi connectivity index (χ4v) is 0.618. The van der Waals surface area contributed by atoms with E-state index in [1.807, 2.05) is 0 Å². The highest BCUT2D eigenvalue weighted by atomic mass is 16.8. The van der Waals surface area contributed by atoms with E-state index >= 15 is 0 Å². The number of aliphatic hydroxyl groups is 2. The summed E-state index contributed by atoms with van der Waals surface area (Å²) in [5.74, 6) is -1.95. The van der Waals surface area contributed by atoms with E-state index in [0.717, 1.165) is 19.3 Å². The van der Waals surface area contributed by atoms with Crippen molar-refractivity contribution in [1.29, 1.82) is 0 Å². The van der Waals surface area contributed by atoms with Crippen LogP contribution >= 0.6 is 0 Å². The number of hydrogen-bond donors (Lipinski definition) is 2. The summed E-state index contributed by atoms with van der Waals surface area (Å²) in [4.78, 5) is 0. The summed E-state index contributed by atoms with van der Waals surface area (Å²) in [5.41, 5.74) is 0. The molecule has 3 nitrogen and oxygen atoms in total. The molecular formula is C7H16O3. The second-order valence-electron chi connectivity index (χ2n) is 2.49. The van der Waals surface area contributed by atoms with Gasteiger partial charge >= 0.3 is 0 Å². The van der Waals surface area contributed by atoms with Crippen molar-refractivity contribution in [3.05, 3.63) is 0 Å². The Bertz CT molecular complexity index is 75.4. The van der Waals surface area contributed by atoms with E-state index in [-0.39, 0.29) is 0 Å². The first-order valence-electron chi connectivity index (χ1n) is 3.65. The molecule has 0 aliphatic rings. The lowest BCUT2D eigenvalue weighted by Crippen LogP contribution is -2.27. The summed E-state index contributed by atoms with van der Waals surface area (Å²) < 4.78 is 4.64. The van der Waals surface area contributed by atoms with Gasteiger partial charge in [-0.15, -0.1) is 0 Å². The molecule has 0 amide bonds. The molecule has 0 radical (unpaired) electrons. The second kappa shape index (κ2) is 4.66. The lowest BCUT2D eigenvalue weighted by Gasteiger charge is -2.15. The minimum absolute atomic E-state index is 0.414. The van der Waals surface area contributed by atoms with Gasteiger partial charge < -0.3 is 14.9 Å². The molecule has 0 aliphatic heterocycles. The van der Waals surface area contributed by atoms with Crippen molar-refractivity contribution in [2.75, 3.05) is 6.61 Å². The molecule has 0 aliphatic carbocycles. The Morgan fingerprint density at radius 2 is 1.90 bits per heavy atom. The number of rotatable bonds is 5. The molecule has 62 valence electrons. The fraction of sp³-hybridized carbons (Fsp3) is 1.00. The van der Waals surface area contributed by atoms with Crippen molar-refractivity contribution in [3.8, 4) is 0 Å². The van der Waals surface area contributed by atoms with Gasteiger partial charge in [0.25, 0.3) is 5.97 Å². The lowest BCUT2D eigenvalue weighted by molar-refractivity contribution is -0.325. The quantitative estimate of drug-likeness (QED) is 0.449. The summed E-state index contributed by atoms with van der Waals surface area (Å²) in [5, 5.41) is 17.3. The number of unbranched alkanes of at least 4 members (excludes halogenated alkanes) is 2. The molecule has 0 spiro atoms. The third-order valence-electron chi connectivity index (χ3n) is 1.12. The number of hydrogen-bond acceptors (Lipinski definition) is 3. The smallest absolute Gasteiger partial charge is 0.274 e. The average Bonchev–Trinajstić information content (AvgIpc) is 1.78. The van der Waals surface area contributed by atoms with Crippen LogP contribution in [-0.4, -0.2) is 22.8 Å². The van der Waals surface area contributed by atoms with E-state index in [0.29, 0.717) is 6.61 Å². The monoisotopic (exact) mass is 148 g/mol. The first-order chi connectivity index (χ1) is 4.56. The molecule has 0 aromatic heterocycles. The third-order valence-corrected chi connectivity index (χ3v) is 1.12. The molecule has 0 rings (SSSR count). The van der Waals surface area contributed by atoms with Gasteiger partial charge in [0, 0.05) is 6.92 Å². The van der Waals surface area contributed by atoms with E-state index in [1.54, 1.807) is 0 Å². The Balaban J connectivity index is 3.04. The van der Waals surface area contributed by atoms with Crippen LogP contribution in [0.5, 0.6) is 0 Å². The Morgan fingerprint density at radius 3 is 2.30 bits per heavy atom. The summed E-state index contributed by atoms with van der Waals surface area (Å²) in [6, 6.07) is 0. The van der Waals surface area contributed by atoms with Crippen molar-refractivity contribution >= 4 is 0 Å². The average molecular weight is 148 g/mol. The van der Waals surface area contributed by atoms with Crippen LogP contribution in [0.4, 0.5) is 0 Å². The highest BCUT2D eigenvalue weighted by Crippen LogP contribution is 2.02. The van der Waals surface area contributed by atoms with Crippen LogP contribution in [-0.2, 0) is 4.74 Å². The van der Waals surface area contributed by atoms with E-state index in [2.05, 4.69) is 11.7 Å². The second-order valence-corrected chi connectivity index (χ2v) is 2.49. The first kappa shape index (κ1) is 9.88. The standard InChI is InChI=1S/C7H16O3/c1-3-4-5-6-10-7(2,8)9/h8-9H,3-6H2,1-2H3. The van der Waals surface area contributed by atoms with E-state index in [4.69, 9.17) is 10.2 Å². The van der Waals surface area contributed by atoms with Gasteiger partial charge in [0.2, 0.25) is 0 Å². The summed E-state index contributed by atoms with van der Waals surface area (Å²) in [6.45, 7) is 3.70. The van der Waals surface area contributed by atoms with Crippen LogP contribution < -0.4 is 0 Å². The van der Waals surface area contributed by atoms with Crippen LogP contribution in [0, 0.1) is 0 Å². The molecule has 0 unspecified atom stereocenters. The molecule has 10 heavy (non-hydrogen) atoms. The zero-order valence-corrected chi connectivity index (χ0v) is 6.63. The van der Waals surface area contributed by atoms with Gasteiger partial charge in [-0.05, 0) is 6.42 Å². The summed E-state index contributed by atoms with van der Waals surface area (Å²) in [6.07, 6.45) is 3.06. The van der Waals surface area contributed by atoms with Crippen LogP contribution in [0.1, 0.15) is 33.1 Å². The highest BCUT2D eigenvalue weighted by molar-refractivity contribution is 4.39. The summed E-state index contributed by atoms with van der Waals surface area (Å²) >= 11 is 0. The maximum absolute atomic E-state index is 8.65. The maximum Gasteiger partial charge on any atom is 0.274 e. The SMILES string of the molecule is CCCCCOC(C)(O)O. The molecule has 0 aromatic rings. The van der Waals surface area contributed by atoms with Gasteiger partial charge in [-0.25, -0.2) is 0 Å². The lowest BCUT2D eigenvalue weighted by atomic mass is 10.3. The van der Waals surface area contributed by atoms with Crippen molar-refractivity contribution < 1.29 is 14.9 Å². The largest absolute Gasteiger partial charge is 0.344 e. The molecule has 0 atom stereocenters. The van der Waals surface area contributed by atoms with E-state index in [1.165, 1.54) is 6.92 Å². The minimum Gasteiger partial charge on any atom is -0.344 e. The van der Waals surface area contributed by atoms with Crippen molar-refractivity contribution in [3.63, 3.8) is 0 Å². The zero-order chi connectivity index (χ0) is 8.04. The van der Waals surface area contributed by atoms with E-state index < -0.39 is 5.97 Å². The van der Waals surface area contributed by atoms with Crippen molar-refractivity contribution in [2.45, 2.75) is 39.1 Å². The van der Waals surface area contributed by atoms with E-state index in [9.17, 15) is 0 Å². The molecule has 0 heterocycles. The van der Waals surface area contributed by atoms with Gasteiger partial charge in [0.15, 0.2) is 0 Å². The van der Waals surface area contributed by atoms with Crippen molar-refractivity contribution in [2.24, 2.45) is 0 Å². The van der Waals surface area contributed by atoms with Crippen LogP contribution in [0.25, 0.3) is 0 Å². The molecule has 3 heteroatoms. The predicted octanol–water partition coefficient (Wildman–Crippen LogP) is 0.851. The molecule has 0 saturated heterocycles. The van der Waals surface area contributed by atoms with Gasteiger partial charge in [-0.3, -0.25) is 0 Å². The maximum atomic E-state index is 8.65. The van der Waals surface area contributed by atoms with Crippen LogP contribution in [0.15, 0.2) is 0 Å². The van der Waals surface area contributed by atoms with Gasteiger partial charge in [0.05, 0.1) is 6.61 Å². The molecule has 0 bridgehead atoms. The molecular weight excluding hydrogens is 132 g/mol. The highest BCUT2D eigenvalue weighted by Gasteiger charge is 2.13. The Labute approximate surface area is 61.6 Å². The Kier molecular flexibility index (Phi) is 4.60. The fourth-order valence-electron chi connectivity index (χ4n) is 0.618. The molecule has 0 saturated carbocycles. The zero-order valence-electron chi connectivity index (χ0n) is 6.63.